The molecule has 0 spiro atoms. The normalized spacial score (nSPS) is 18.8. The third-order valence-corrected chi connectivity index (χ3v) is 4.03. The van der Waals surface area contributed by atoms with Gasteiger partial charge in [-0.1, -0.05) is 6.07 Å². The Morgan fingerprint density at radius 3 is 2.95 bits per heavy atom. The summed E-state index contributed by atoms with van der Waals surface area (Å²) in [7, 11) is 0. The molecule has 1 N–H and O–H groups in total. The lowest BCUT2D eigenvalue weighted by Gasteiger charge is -2.25. The quantitative estimate of drug-likeness (QED) is 0.927. The highest BCUT2D eigenvalue weighted by Crippen LogP contribution is 2.43. The summed E-state index contributed by atoms with van der Waals surface area (Å²) in [5, 5.41) is 8.35. The maximum Gasteiger partial charge on any atom is 0.396 e. The number of rotatable bonds is 2. The van der Waals surface area contributed by atoms with Gasteiger partial charge in [-0.05, 0) is 11.4 Å². The number of amides is 1. The summed E-state index contributed by atoms with van der Waals surface area (Å²) in [5.41, 5.74) is 0.0358. The molecule has 3 heterocycles. The highest BCUT2D eigenvalue weighted by molar-refractivity contribution is 7.09. The molecule has 3 rings (SSSR count). The largest absolute Gasteiger partial charge is 0.396 e. The molecule has 4 nitrogen and oxygen atoms in total. The number of hydrogen-bond donors (Lipinski definition) is 1. The van der Waals surface area contributed by atoms with Crippen molar-refractivity contribution in [1.82, 2.24) is 9.78 Å². The fourth-order valence-corrected chi connectivity index (χ4v) is 2.92. The minimum absolute atomic E-state index is 0.0358. The number of anilines is 1. The molecule has 20 heavy (non-hydrogen) atoms. The van der Waals surface area contributed by atoms with E-state index in [0.717, 1.165) is 4.88 Å². The Bertz CT molecular complexity index is 633. The summed E-state index contributed by atoms with van der Waals surface area (Å²) in [6, 6.07) is 3.72. The van der Waals surface area contributed by atoms with Crippen molar-refractivity contribution >= 4 is 23.1 Å². The third-order valence-electron chi connectivity index (χ3n) is 3.17. The Balaban J connectivity index is 1.97. The van der Waals surface area contributed by atoms with E-state index in [2.05, 4.69) is 10.4 Å². The van der Waals surface area contributed by atoms with Gasteiger partial charge in [0.05, 0.1) is 18.7 Å². The van der Waals surface area contributed by atoms with E-state index in [1.165, 1.54) is 22.2 Å². The molecule has 0 saturated carbocycles. The Morgan fingerprint density at radius 1 is 1.50 bits per heavy atom. The van der Waals surface area contributed by atoms with Crippen LogP contribution >= 0.6 is 11.3 Å². The lowest BCUT2D eigenvalue weighted by Crippen LogP contribution is -2.31. The van der Waals surface area contributed by atoms with Gasteiger partial charge in [-0.15, -0.1) is 11.3 Å². The molecular weight excluding hydrogens is 291 g/mol. The minimum atomic E-state index is -4.44. The predicted molar refractivity (Wildman–Crippen MR) is 67.7 cm³/mol. The van der Waals surface area contributed by atoms with Crippen molar-refractivity contribution in [2.45, 2.75) is 25.1 Å². The van der Waals surface area contributed by atoms with E-state index in [1.54, 1.807) is 0 Å². The van der Waals surface area contributed by atoms with Crippen molar-refractivity contribution in [3.63, 3.8) is 0 Å². The molecular formula is C12H10F3N3OS. The average Bonchev–Trinajstić information content (AvgIpc) is 2.98. The molecule has 1 aliphatic heterocycles. The van der Waals surface area contributed by atoms with E-state index in [1.807, 2.05) is 17.5 Å². The van der Waals surface area contributed by atoms with Crippen molar-refractivity contribution in [3.8, 4) is 0 Å². The highest BCUT2D eigenvalue weighted by Gasteiger charge is 2.46. The molecule has 1 atom stereocenters. The van der Waals surface area contributed by atoms with Gasteiger partial charge in [-0.25, -0.2) is 4.68 Å². The number of nitrogens with one attached hydrogen (secondary N) is 1. The summed E-state index contributed by atoms with van der Waals surface area (Å²) in [5.74, 6) is -2.26. The predicted octanol–water partition coefficient (Wildman–Crippen LogP) is 2.98. The van der Waals surface area contributed by atoms with Gasteiger partial charge in [0, 0.05) is 16.9 Å². The zero-order valence-corrected chi connectivity index (χ0v) is 11.0. The molecule has 0 radical (unpaired) electrons. The van der Waals surface area contributed by atoms with Crippen LogP contribution < -0.4 is 5.32 Å². The number of alkyl halides is 3. The van der Waals surface area contributed by atoms with Gasteiger partial charge in [-0.2, -0.15) is 18.3 Å². The Labute approximate surface area is 116 Å². The molecule has 0 aromatic carbocycles. The van der Waals surface area contributed by atoms with Gasteiger partial charge in [-0.3, -0.25) is 4.79 Å². The van der Waals surface area contributed by atoms with E-state index in [0.29, 0.717) is 6.54 Å². The third kappa shape index (κ3) is 2.31. The van der Waals surface area contributed by atoms with Crippen LogP contribution in [-0.4, -0.2) is 21.9 Å². The SMILES string of the molecule is O=C1C[C@H](C(F)(F)F)c2cnn(Cc3cccs3)c2N1. The van der Waals surface area contributed by atoms with Gasteiger partial charge in [0.2, 0.25) is 5.91 Å². The van der Waals surface area contributed by atoms with Crippen LogP contribution in [0.1, 0.15) is 22.8 Å². The first kappa shape index (κ1) is 13.2. The molecule has 106 valence electrons. The maximum absolute atomic E-state index is 13.0. The fraction of sp³-hybridized carbons (Fsp3) is 0.333. The van der Waals surface area contributed by atoms with Crippen LogP contribution in [0.4, 0.5) is 19.0 Å². The van der Waals surface area contributed by atoms with Crippen molar-refractivity contribution in [3.05, 3.63) is 34.2 Å². The van der Waals surface area contributed by atoms with Crippen molar-refractivity contribution < 1.29 is 18.0 Å². The monoisotopic (exact) mass is 301 g/mol. The van der Waals surface area contributed by atoms with Gasteiger partial charge >= 0.3 is 6.18 Å². The number of aromatic nitrogens is 2. The van der Waals surface area contributed by atoms with Crippen molar-refractivity contribution in [1.29, 1.82) is 0 Å². The second-order valence-electron chi connectivity index (χ2n) is 4.53. The summed E-state index contributed by atoms with van der Waals surface area (Å²) in [4.78, 5) is 12.4. The number of fused-ring (bicyclic) bond motifs is 1. The van der Waals surface area contributed by atoms with E-state index >= 15 is 0 Å². The Hall–Kier alpha value is -1.83. The van der Waals surface area contributed by atoms with Gasteiger partial charge in [0.25, 0.3) is 0 Å². The van der Waals surface area contributed by atoms with Crippen LogP contribution in [0.2, 0.25) is 0 Å². The lowest BCUT2D eigenvalue weighted by molar-refractivity contribution is -0.156. The van der Waals surface area contributed by atoms with Gasteiger partial charge in [0.1, 0.15) is 5.82 Å². The van der Waals surface area contributed by atoms with Crippen LogP contribution in [0.3, 0.4) is 0 Å². The molecule has 0 fully saturated rings. The Morgan fingerprint density at radius 2 is 2.30 bits per heavy atom. The zero-order chi connectivity index (χ0) is 14.3. The summed E-state index contributed by atoms with van der Waals surface area (Å²) in [6.07, 6.45) is -3.83. The van der Waals surface area contributed by atoms with Gasteiger partial charge < -0.3 is 5.32 Å². The maximum atomic E-state index is 13.0. The molecule has 0 unspecified atom stereocenters. The van der Waals surface area contributed by atoms with Crippen LogP contribution in [0.25, 0.3) is 0 Å². The highest BCUT2D eigenvalue weighted by atomic mass is 32.1. The van der Waals surface area contributed by atoms with Crippen LogP contribution in [0.15, 0.2) is 23.7 Å². The molecule has 0 saturated heterocycles. The molecule has 2 aromatic rings. The fourth-order valence-electron chi connectivity index (χ4n) is 2.23. The number of carbonyl (C=O) groups excluding carboxylic acids is 1. The summed E-state index contributed by atoms with van der Waals surface area (Å²) >= 11 is 1.48. The molecule has 0 bridgehead atoms. The lowest BCUT2D eigenvalue weighted by atomic mass is 9.94. The molecule has 8 heteroatoms. The second kappa shape index (κ2) is 4.62. The van der Waals surface area contributed by atoms with Gasteiger partial charge in [0.15, 0.2) is 0 Å². The first-order chi connectivity index (χ1) is 9.45. The smallest absolute Gasteiger partial charge is 0.311 e. The summed E-state index contributed by atoms with van der Waals surface area (Å²) in [6.45, 7) is 0.345. The van der Waals surface area contributed by atoms with E-state index < -0.39 is 24.4 Å². The number of hydrogen-bond acceptors (Lipinski definition) is 3. The number of carbonyl (C=O) groups is 1. The van der Waals surface area contributed by atoms with Crippen molar-refractivity contribution in [2.24, 2.45) is 0 Å². The number of halogens is 3. The van der Waals surface area contributed by atoms with Crippen LogP contribution in [0.5, 0.6) is 0 Å². The molecule has 0 aliphatic carbocycles. The number of nitrogens with zero attached hydrogens (tertiary/aromatic N) is 2. The molecule has 1 amide bonds. The van der Waals surface area contributed by atoms with Crippen molar-refractivity contribution in [2.75, 3.05) is 5.32 Å². The van der Waals surface area contributed by atoms with Crippen LogP contribution in [0, 0.1) is 0 Å². The topological polar surface area (TPSA) is 46.9 Å². The molecule has 1 aliphatic rings. The van der Waals surface area contributed by atoms with Crippen LogP contribution in [-0.2, 0) is 11.3 Å². The first-order valence-corrected chi connectivity index (χ1v) is 6.78. The first-order valence-electron chi connectivity index (χ1n) is 5.90. The van der Waals surface area contributed by atoms with E-state index in [9.17, 15) is 18.0 Å². The standard InChI is InChI=1S/C12H10F3N3OS/c13-12(14,15)9-4-10(19)17-11-8(9)5-16-18(11)6-7-2-1-3-20-7/h1-3,5,9H,4,6H2,(H,17,19)/t9-/m0/s1. The zero-order valence-electron chi connectivity index (χ0n) is 10.1. The Kier molecular flexibility index (Phi) is 3.04. The second-order valence-corrected chi connectivity index (χ2v) is 5.56. The van der Waals surface area contributed by atoms with E-state index in [4.69, 9.17) is 0 Å². The molecule has 2 aromatic heterocycles. The van der Waals surface area contributed by atoms with E-state index in [-0.39, 0.29) is 11.4 Å². The number of thiophene rings is 1. The minimum Gasteiger partial charge on any atom is -0.311 e. The average molecular weight is 301 g/mol. The summed E-state index contributed by atoms with van der Waals surface area (Å²) < 4.78 is 40.3.